The molecule has 3 nitrogen and oxygen atoms in total. The van der Waals surface area contributed by atoms with Gasteiger partial charge >= 0.3 is 0 Å². The number of halogens is 3. The summed E-state index contributed by atoms with van der Waals surface area (Å²) < 4.78 is -0.468. The van der Waals surface area contributed by atoms with E-state index in [-0.39, 0.29) is 5.78 Å². The van der Waals surface area contributed by atoms with E-state index in [1.807, 2.05) is 83.9 Å². The van der Waals surface area contributed by atoms with Crippen LogP contribution in [-0.2, 0) is 8.95 Å². The van der Waals surface area contributed by atoms with E-state index in [1.54, 1.807) is 11.8 Å². The van der Waals surface area contributed by atoms with Crippen molar-refractivity contribution in [2.45, 2.75) is 8.95 Å². The Labute approximate surface area is 271 Å². The molecule has 0 fully saturated rings. The molecule has 0 aromatic heterocycles. The summed E-state index contributed by atoms with van der Waals surface area (Å²) in [5.74, 6) is -0.104. The highest BCUT2D eigenvalue weighted by atomic mass is 79.9. The van der Waals surface area contributed by atoms with E-state index in [1.165, 1.54) is 11.8 Å². The lowest BCUT2D eigenvalue weighted by Crippen LogP contribution is -2.34. The van der Waals surface area contributed by atoms with Crippen LogP contribution in [0, 0.1) is 0 Å². The number of thioether (sulfide) groups is 2. The number of Topliss-reactive ketones (excluding diaryl/α,β-unsaturated/α-hetero) is 1. The van der Waals surface area contributed by atoms with Crippen LogP contribution in [0.5, 0.6) is 0 Å². The lowest BCUT2D eigenvalue weighted by atomic mass is 9.82. The van der Waals surface area contributed by atoms with Crippen LogP contribution in [0.4, 0.5) is 5.69 Å². The van der Waals surface area contributed by atoms with Gasteiger partial charge in [0.15, 0.2) is 9.25 Å². The fraction of sp³-hybridized carbons (Fsp3) is 0.0588. The average molecular weight is 688 g/mol. The molecule has 2 aliphatic rings. The summed E-state index contributed by atoms with van der Waals surface area (Å²) in [5.41, 5.74) is 5.83. The topological polar surface area (TPSA) is 32.7 Å². The highest BCUT2D eigenvalue weighted by molar-refractivity contribution is 9.10. The first kappa shape index (κ1) is 27.8. The molecule has 5 aromatic carbocycles. The molecule has 5 aromatic rings. The minimum absolute atomic E-state index is 0.104. The van der Waals surface area contributed by atoms with Gasteiger partial charge in [0.25, 0.3) is 0 Å². The van der Waals surface area contributed by atoms with Gasteiger partial charge in [-0.05, 0) is 65.2 Å². The SMILES string of the molecule is O=C(C1=NN(c2ccc(Br)cc2)C2(S1)SC(c1ccc(Cl)cc1)(c1ccc(Cl)cc1)c1ccccc12)c1ccccc1. The third kappa shape index (κ3) is 4.52. The molecule has 0 radical (unpaired) electrons. The van der Waals surface area contributed by atoms with Crippen LogP contribution in [0.3, 0.4) is 0 Å². The normalized spacial score (nSPS) is 18.6. The maximum Gasteiger partial charge on any atom is 0.219 e. The van der Waals surface area contributed by atoms with Crippen LogP contribution < -0.4 is 5.01 Å². The molecule has 1 spiro atoms. The van der Waals surface area contributed by atoms with Crippen molar-refractivity contribution >= 4 is 79.2 Å². The molecule has 0 saturated carbocycles. The Balaban J connectivity index is 1.48. The van der Waals surface area contributed by atoms with E-state index in [0.29, 0.717) is 20.7 Å². The van der Waals surface area contributed by atoms with Crippen LogP contribution in [-0.4, -0.2) is 10.8 Å². The summed E-state index contributed by atoms with van der Waals surface area (Å²) in [6.45, 7) is 0. The lowest BCUT2D eigenvalue weighted by Gasteiger charge is -2.37. The van der Waals surface area contributed by atoms with E-state index in [9.17, 15) is 4.79 Å². The van der Waals surface area contributed by atoms with Crippen LogP contribution in [0.2, 0.25) is 10.0 Å². The molecule has 2 aliphatic heterocycles. The van der Waals surface area contributed by atoms with Gasteiger partial charge in [-0.25, -0.2) is 5.01 Å². The molecule has 7 rings (SSSR count). The second-order valence-corrected chi connectivity index (χ2v) is 14.6. The van der Waals surface area contributed by atoms with Crippen molar-refractivity contribution in [3.8, 4) is 0 Å². The number of fused-ring (bicyclic) bond motifs is 2. The Morgan fingerprint density at radius 2 is 1.24 bits per heavy atom. The number of nitrogens with zero attached hydrogens (tertiary/aromatic N) is 2. The van der Waals surface area contributed by atoms with Crippen molar-refractivity contribution in [3.05, 3.63) is 170 Å². The number of anilines is 1. The summed E-state index contributed by atoms with van der Waals surface area (Å²) in [4.78, 5) is 13.9. The summed E-state index contributed by atoms with van der Waals surface area (Å²) in [7, 11) is 0. The number of ketones is 1. The molecule has 8 heteroatoms. The van der Waals surface area contributed by atoms with Crippen molar-refractivity contribution in [1.82, 2.24) is 0 Å². The Morgan fingerprint density at radius 1 is 0.690 bits per heavy atom. The number of carbonyl (C=O) groups is 1. The van der Waals surface area contributed by atoms with Crippen molar-refractivity contribution in [2.24, 2.45) is 5.10 Å². The largest absolute Gasteiger partial charge is 0.286 e. The third-order valence-corrected chi connectivity index (χ3v) is 11.8. The highest BCUT2D eigenvalue weighted by Gasteiger charge is 2.61. The minimum Gasteiger partial charge on any atom is -0.286 e. The van der Waals surface area contributed by atoms with Crippen LogP contribution in [0.15, 0.2) is 137 Å². The second-order valence-electron chi connectivity index (χ2n) is 9.92. The first-order valence-corrected chi connectivity index (χ1v) is 16.3. The maximum atomic E-state index is 13.9. The van der Waals surface area contributed by atoms with Gasteiger partial charge in [0.2, 0.25) is 5.78 Å². The Bertz CT molecular complexity index is 1790. The highest BCUT2D eigenvalue weighted by Crippen LogP contribution is 2.71. The molecule has 1 unspecified atom stereocenters. The van der Waals surface area contributed by atoms with Crippen molar-refractivity contribution in [2.75, 3.05) is 5.01 Å². The van der Waals surface area contributed by atoms with Crippen LogP contribution in [0.25, 0.3) is 0 Å². The molecule has 0 bridgehead atoms. The first-order valence-electron chi connectivity index (χ1n) is 13.2. The molecule has 2 heterocycles. The molecule has 0 amide bonds. The van der Waals surface area contributed by atoms with Gasteiger partial charge in [0.1, 0.15) is 0 Å². The molecule has 0 aliphatic carbocycles. The van der Waals surface area contributed by atoms with Crippen molar-refractivity contribution < 1.29 is 4.79 Å². The Kier molecular flexibility index (Phi) is 7.24. The molecule has 0 saturated heterocycles. The van der Waals surface area contributed by atoms with E-state index < -0.39 is 8.95 Å². The average Bonchev–Trinajstić information content (AvgIpc) is 3.55. The van der Waals surface area contributed by atoms with Gasteiger partial charge in [-0.2, -0.15) is 5.10 Å². The lowest BCUT2D eigenvalue weighted by molar-refractivity contribution is 0.106. The fourth-order valence-corrected chi connectivity index (χ4v) is 9.69. The van der Waals surface area contributed by atoms with Gasteiger partial charge in [-0.1, -0.05) is 142 Å². The summed E-state index contributed by atoms with van der Waals surface area (Å²) in [6.07, 6.45) is 0. The number of hydrogen-bond donors (Lipinski definition) is 0. The Hall–Kier alpha value is -3.00. The van der Waals surface area contributed by atoms with E-state index in [2.05, 4.69) is 64.5 Å². The quantitative estimate of drug-likeness (QED) is 0.172. The first-order chi connectivity index (χ1) is 20.4. The van der Waals surface area contributed by atoms with Gasteiger partial charge < -0.3 is 0 Å². The smallest absolute Gasteiger partial charge is 0.219 e. The standard InChI is InChI=1S/C34H21BrCl2N2OS2/c35-25-14-20-28(21-15-25)39-34(41-32(38-39)31(40)22-6-2-1-3-7-22)30-9-5-4-8-29(30)33(42-34,23-10-16-26(36)17-11-23)24-12-18-27(37)19-13-24/h1-21H. The second kappa shape index (κ2) is 10.9. The molecule has 206 valence electrons. The Morgan fingerprint density at radius 3 is 1.83 bits per heavy atom. The molecule has 1 atom stereocenters. The number of hydrogen-bond acceptors (Lipinski definition) is 5. The third-order valence-electron chi connectivity index (χ3n) is 7.45. The number of hydrazone groups is 1. The predicted octanol–water partition coefficient (Wildman–Crippen LogP) is 10.4. The predicted molar refractivity (Wildman–Crippen MR) is 181 cm³/mol. The maximum absolute atomic E-state index is 13.9. The molecule has 42 heavy (non-hydrogen) atoms. The van der Waals surface area contributed by atoms with Crippen molar-refractivity contribution in [3.63, 3.8) is 0 Å². The van der Waals surface area contributed by atoms with Gasteiger partial charge in [-0.15, -0.1) is 0 Å². The number of rotatable bonds is 5. The van der Waals surface area contributed by atoms with E-state index in [4.69, 9.17) is 28.3 Å². The summed E-state index contributed by atoms with van der Waals surface area (Å²) in [5, 5.41) is 8.85. The van der Waals surface area contributed by atoms with Crippen LogP contribution in [0.1, 0.15) is 32.6 Å². The summed E-state index contributed by atoms with van der Waals surface area (Å²) in [6, 6.07) is 41.9. The zero-order chi connectivity index (χ0) is 28.9. The van der Waals surface area contributed by atoms with Crippen molar-refractivity contribution in [1.29, 1.82) is 0 Å². The summed E-state index contributed by atoms with van der Waals surface area (Å²) >= 11 is 19.6. The monoisotopic (exact) mass is 686 g/mol. The van der Waals surface area contributed by atoms with Gasteiger partial charge in [0.05, 0.1) is 10.4 Å². The molecule has 0 N–H and O–H groups in total. The van der Waals surface area contributed by atoms with Gasteiger partial charge in [-0.3, -0.25) is 4.79 Å². The number of benzene rings is 5. The zero-order valence-electron chi connectivity index (χ0n) is 21.9. The van der Waals surface area contributed by atoms with E-state index >= 15 is 0 Å². The zero-order valence-corrected chi connectivity index (χ0v) is 26.6. The van der Waals surface area contributed by atoms with E-state index in [0.717, 1.165) is 32.4 Å². The van der Waals surface area contributed by atoms with Crippen LogP contribution >= 0.6 is 62.7 Å². The molecular weight excluding hydrogens is 667 g/mol. The minimum atomic E-state index is -0.788. The number of carbonyl (C=O) groups excluding carboxylic acids is 1. The fourth-order valence-electron chi connectivity index (χ4n) is 5.55. The molecular formula is C34H21BrCl2N2OS2. The van der Waals surface area contributed by atoms with Gasteiger partial charge in [0, 0.05) is 25.6 Å².